The molecule has 0 radical (unpaired) electrons. The quantitative estimate of drug-likeness (QED) is 0.733. The normalized spacial score (nSPS) is 13.1. The highest BCUT2D eigenvalue weighted by Crippen LogP contribution is 2.20. The van der Waals surface area contributed by atoms with Gasteiger partial charge in [0.15, 0.2) is 5.69 Å². The first-order valence-corrected chi connectivity index (χ1v) is 5.77. The van der Waals surface area contributed by atoms with Gasteiger partial charge in [-0.1, -0.05) is 20.8 Å². The number of nitrogens with zero attached hydrogens (tertiary/aromatic N) is 2. The van der Waals surface area contributed by atoms with Crippen molar-refractivity contribution in [1.82, 2.24) is 10.2 Å². The van der Waals surface area contributed by atoms with Crippen molar-refractivity contribution in [2.75, 3.05) is 11.9 Å². The standard InChI is InChI=1S/C12H19N3O3/c1-12(2,3)6-8(16)7-13-10-5-4-9(11(17)18)14-15-10/h4-5,8,16H,6-7H2,1-3H3,(H,13,15)(H,17,18). The second-order valence-electron chi connectivity index (χ2n) is 5.41. The van der Waals surface area contributed by atoms with Gasteiger partial charge in [-0.2, -0.15) is 0 Å². The van der Waals surface area contributed by atoms with E-state index in [0.717, 1.165) is 0 Å². The predicted molar refractivity (Wildman–Crippen MR) is 67.6 cm³/mol. The molecule has 0 bridgehead atoms. The maximum absolute atomic E-state index is 10.6. The molecule has 0 aliphatic rings. The van der Waals surface area contributed by atoms with Crippen LogP contribution < -0.4 is 5.32 Å². The number of carboxylic acid groups (broad SMARTS) is 1. The van der Waals surface area contributed by atoms with Crippen molar-refractivity contribution in [3.8, 4) is 0 Å². The molecule has 0 aromatic carbocycles. The van der Waals surface area contributed by atoms with Gasteiger partial charge in [-0.3, -0.25) is 0 Å². The van der Waals surface area contributed by atoms with E-state index in [1.54, 1.807) is 0 Å². The van der Waals surface area contributed by atoms with Crippen LogP contribution in [0.1, 0.15) is 37.7 Å². The zero-order valence-electron chi connectivity index (χ0n) is 10.8. The van der Waals surface area contributed by atoms with Crippen LogP contribution >= 0.6 is 0 Å². The van der Waals surface area contributed by atoms with Gasteiger partial charge in [-0.25, -0.2) is 4.79 Å². The van der Waals surface area contributed by atoms with E-state index in [9.17, 15) is 9.90 Å². The highest BCUT2D eigenvalue weighted by Gasteiger charge is 2.16. The molecule has 0 saturated carbocycles. The van der Waals surface area contributed by atoms with E-state index >= 15 is 0 Å². The summed E-state index contributed by atoms with van der Waals surface area (Å²) in [5.41, 5.74) is -0.0456. The SMILES string of the molecule is CC(C)(C)CC(O)CNc1ccc(C(=O)O)nn1. The van der Waals surface area contributed by atoms with E-state index < -0.39 is 12.1 Å². The van der Waals surface area contributed by atoms with Crippen LogP contribution in [0, 0.1) is 5.41 Å². The zero-order chi connectivity index (χ0) is 13.8. The van der Waals surface area contributed by atoms with Crippen molar-refractivity contribution in [3.05, 3.63) is 17.8 Å². The molecule has 1 rings (SSSR count). The summed E-state index contributed by atoms with van der Waals surface area (Å²) in [5.74, 6) is -0.658. The maximum atomic E-state index is 10.6. The Labute approximate surface area is 106 Å². The average Bonchev–Trinajstić information content (AvgIpc) is 2.24. The Morgan fingerprint density at radius 1 is 1.39 bits per heavy atom. The minimum absolute atomic E-state index is 0.0555. The third-order valence-corrected chi connectivity index (χ3v) is 2.25. The van der Waals surface area contributed by atoms with Gasteiger partial charge in [0.25, 0.3) is 0 Å². The second-order valence-corrected chi connectivity index (χ2v) is 5.41. The summed E-state index contributed by atoms with van der Waals surface area (Å²) in [6.45, 7) is 6.52. The predicted octanol–water partition coefficient (Wildman–Crippen LogP) is 1.38. The molecule has 1 unspecified atom stereocenters. The Morgan fingerprint density at radius 2 is 2.06 bits per heavy atom. The van der Waals surface area contributed by atoms with Crippen LogP contribution in [-0.4, -0.2) is 39.0 Å². The van der Waals surface area contributed by atoms with E-state index in [-0.39, 0.29) is 11.1 Å². The van der Waals surface area contributed by atoms with Gasteiger partial charge in [0.05, 0.1) is 6.10 Å². The first-order chi connectivity index (χ1) is 8.28. The minimum atomic E-state index is -1.11. The number of aromatic carboxylic acids is 1. The number of carboxylic acids is 1. The van der Waals surface area contributed by atoms with E-state index in [1.807, 2.05) is 0 Å². The van der Waals surface area contributed by atoms with E-state index in [0.29, 0.717) is 18.8 Å². The molecule has 0 fully saturated rings. The summed E-state index contributed by atoms with van der Waals surface area (Å²) >= 11 is 0. The second kappa shape index (κ2) is 5.77. The molecule has 3 N–H and O–H groups in total. The Bertz CT molecular complexity index is 398. The molecule has 1 heterocycles. The van der Waals surface area contributed by atoms with Crippen LogP contribution in [0.5, 0.6) is 0 Å². The van der Waals surface area contributed by atoms with Crippen molar-refractivity contribution in [1.29, 1.82) is 0 Å². The van der Waals surface area contributed by atoms with Crippen LogP contribution in [0.15, 0.2) is 12.1 Å². The number of aliphatic hydroxyl groups excluding tert-OH is 1. The lowest BCUT2D eigenvalue weighted by Crippen LogP contribution is -2.25. The number of hydrogen-bond donors (Lipinski definition) is 3. The van der Waals surface area contributed by atoms with Crippen molar-refractivity contribution < 1.29 is 15.0 Å². The number of anilines is 1. The summed E-state index contributed by atoms with van der Waals surface area (Å²) in [6, 6.07) is 2.90. The van der Waals surface area contributed by atoms with Gasteiger partial charge in [-0.15, -0.1) is 10.2 Å². The third-order valence-electron chi connectivity index (χ3n) is 2.25. The molecular weight excluding hydrogens is 234 g/mol. The van der Waals surface area contributed by atoms with E-state index in [2.05, 4.69) is 36.3 Å². The molecule has 6 nitrogen and oxygen atoms in total. The molecule has 0 amide bonds. The molecule has 1 aromatic rings. The Hall–Kier alpha value is -1.69. The Morgan fingerprint density at radius 3 is 2.50 bits per heavy atom. The highest BCUT2D eigenvalue weighted by molar-refractivity contribution is 5.85. The fraction of sp³-hybridized carbons (Fsp3) is 0.583. The molecule has 1 atom stereocenters. The molecule has 1 aromatic heterocycles. The zero-order valence-corrected chi connectivity index (χ0v) is 10.8. The summed E-state index contributed by atoms with van der Waals surface area (Å²) in [5, 5.41) is 28.6. The number of aromatic nitrogens is 2. The average molecular weight is 253 g/mol. The van der Waals surface area contributed by atoms with Gasteiger partial charge in [0.1, 0.15) is 5.82 Å². The van der Waals surface area contributed by atoms with Gasteiger partial charge in [0, 0.05) is 6.54 Å². The number of hydrogen-bond acceptors (Lipinski definition) is 5. The topological polar surface area (TPSA) is 95.3 Å². The minimum Gasteiger partial charge on any atom is -0.476 e. The number of rotatable bonds is 5. The number of nitrogens with one attached hydrogen (secondary N) is 1. The van der Waals surface area contributed by atoms with E-state index in [4.69, 9.17) is 5.11 Å². The number of aliphatic hydroxyl groups is 1. The van der Waals surface area contributed by atoms with Crippen molar-refractivity contribution in [2.24, 2.45) is 5.41 Å². The molecule has 0 spiro atoms. The molecule has 6 heteroatoms. The lowest BCUT2D eigenvalue weighted by atomic mass is 9.89. The maximum Gasteiger partial charge on any atom is 0.356 e. The first-order valence-electron chi connectivity index (χ1n) is 5.77. The van der Waals surface area contributed by atoms with Gasteiger partial charge >= 0.3 is 5.97 Å². The smallest absolute Gasteiger partial charge is 0.356 e. The fourth-order valence-electron chi connectivity index (χ4n) is 1.54. The van der Waals surface area contributed by atoms with Crippen LogP contribution in [0.2, 0.25) is 0 Å². The van der Waals surface area contributed by atoms with Crippen molar-refractivity contribution >= 4 is 11.8 Å². The molecule has 100 valence electrons. The summed E-state index contributed by atoms with van der Waals surface area (Å²) in [6.07, 6.45) is 0.187. The van der Waals surface area contributed by atoms with Crippen molar-refractivity contribution in [2.45, 2.75) is 33.3 Å². The fourth-order valence-corrected chi connectivity index (χ4v) is 1.54. The summed E-state index contributed by atoms with van der Waals surface area (Å²) in [4.78, 5) is 10.6. The summed E-state index contributed by atoms with van der Waals surface area (Å²) < 4.78 is 0. The Kier molecular flexibility index (Phi) is 4.61. The van der Waals surface area contributed by atoms with E-state index in [1.165, 1.54) is 12.1 Å². The van der Waals surface area contributed by atoms with Crippen LogP contribution in [0.25, 0.3) is 0 Å². The largest absolute Gasteiger partial charge is 0.476 e. The van der Waals surface area contributed by atoms with Crippen LogP contribution in [-0.2, 0) is 0 Å². The lowest BCUT2D eigenvalue weighted by molar-refractivity contribution is 0.0689. The van der Waals surface area contributed by atoms with Crippen LogP contribution in [0.3, 0.4) is 0 Å². The number of carbonyl (C=O) groups is 1. The van der Waals surface area contributed by atoms with Gasteiger partial charge < -0.3 is 15.5 Å². The molecular formula is C12H19N3O3. The molecule has 0 aliphatic carbocycles. The van der Waals surface area contributed by atoms with Crippen LogP contribution in [0.4, 0.5) is 5.82 Å². The highest BCUT2D eigenvalue weighted by atomic mass is 16.4. The third kappa shape index (κ3) is 5.09. The summed E-state index contributed by atoms with van der Waals surface area (Å²) in [7, 11) is 0. The van der Waals surface area contributed by atoms with Gasteiger partial charge in [0.2, 0.25) is 0 Å². The Balaban J connectivity index is 2.46. The lowest BCUT2D eigenvalue weighted by Gasteiger charge is -2.22. The van der Waals surface area contributed by atoms with Gasteiger partial charge in [-0.05, 0) is 24.0 Å². The molecule has 0 saturated heterocycles. The van der Waals surface area contributed by atoms with Crippen molar-refractivity contribution in [3.63, 3.8) is 0 Å². The first kappa shape index (κ1) is 14.4. The molecule has 18 heavy (non-hydrogen) atoms. The molecule has 0 aliphatic heterocycles. The monoisotopic (exact) mass is 253 g/mol.